The van der Waals surface area contributed by atoms with Crippen molar-refractivity contribution < 1.29 is 18.0 Å². The summed E-state index contributed by atoms with van der Waals surface area (Å²) in [5, 5.41) is 1.46. The molecular weight excluding hydrogens is 443 g/mol. The summed E-state index contributed by atoms with van der Waals surface area (Å²) in [7, 11) is 0. The number of benzene rings is 1. The van der Waals surface area contributed by atoms with Crippen LogP contribution in [0.3, 0.4) is 0 Å². The van der Waals surface area contributed by atoms with E-state index in [9.17, 15) is 18.0 Å². The first-order chi connectivity index (χ1) is 16.4. The molecule has 1 amide bonds. The van der Waals surface area contributed by atoms with Crippen molar-refractivity contribution in [2.75, 3.05) is 26.2 Å². The van der Waals surface area contributed by atoms with Crippen LogP contribution in [0.4, 0.5) is 13.2 Å². The van der Waals surface area contributed by atoms with Crippen molar-refractivity contribution in [2.24, 2.45) is 0 Å². The molecule has 0 N–H and O–H groups in total. The van der Waals surface area contributed by atoms with Crippen LogP contribution in [0.25, 0.3) is 21.8 Å². The van der Waals surface area contributed by atoms with Crippen LogP contribution < -0.4 is 0 Å². The van der Waals surface area contributed by atoms with Gasteiger partial charge in [-0.15, -0.1) is 0 Å². The van der Waals surface area contributed by atoms with Crippen molar-refractivity contribution in [3.63, 3.8) is 0 Å². The van der Waals surface area contributed by atoms with Gasteiger partial charge in [-0.05, 0) is 30.2 Å². The molecule has 0 radical (unpaired) electrons. The molecular formula is C25H22F3N5O. The summed E-state index contributed by atoms with van der Waals surface area (Å²) in [6.45, 7) is 2.66. The summed E-state index contributed by atoms with van der Waals surface area (Å²) in [4.78, 5) is 29.2. The molecule has 6 nitrogen and oxygen atoms in total. The number of nitrogens with zero attached hydrogens (tertiary/aromatic N) is 5. The van der Waals surface area contributed by atoms with Gasteiger partial charge in [0.2, 0.25) is 0 Å². The summed E-state index contributed by atoms with van der Waals surface area (Å²) < 4.78 is 41.3. The first-order valence-corrected chi connectivity index (χ1v) is 11.1. The van der Waals surface area contributed by atoms with Gasteiger partial charge in [-0.1, -0.05) is 24.3 Å². The molecule has 1 aromatic carbocycles. The topological polar surface area (TPSA) is 62.2 Å². The van der Waals surface area contributed by atoms with E-state index >= 15 is 0 Å². The Morgan fingerprint density at radius 2 is 1.82 bits per heavy atom. The van der Waals surface area contributed by atoms with Crippen LogP contribution in [-0.2, 0) is 12.7 Å². The number of pyridine rings is 3. The van der Waals surface area contributed by atoms with Gasteiger partial charge in [0, 0.05) is 62.1 Å². The summed E-state index contributed by atoms with van der Waals surface area (Å²) >= 11 is 0. The molecule has 0 unspecified atom stereocenters. The zero-order valence-corrected chi connectivity index (χ0v) is 18.3. The maximum atomic E-state index is 13.8. The monoisotopic (exact) mass is 465 g/mol. The first kappa shape index (κ1) is 22.2. The largest absolute Gasteiger partial charge is 0.434 e. The number of carbonyl (C=O) groups is 1. The molecule has 1 fully saturated rings. The molecule has 0 bridgehead atoms. The number of aromatic nitrogens is 3. The van der Waals surface area contributed by atoms with Crippen LogP contribution >= 0.6 is 0 Å². The average Bonchev–Trinajstić information content (AvgIpc) is 3.08. The molecule has 3 aromatic heterocycles. The van der Waals surface area contributed by atoms with E-state index in [-0.39, 0.29) is 5.52 Å². The van der Waals surface area contributed by atoms with Crippen LogP contribution in [0.2, 0.25) is 0 Å². The number of para-hydroxylation sites is 1. The fraction of sp³-hybridized carbons (Fsp3) is 0.280. The second kappa shape index (κ2) is 8.98. The Morgan fingerprint density at radius 3 is 2.68 bits per heavy atom. The van der Waals surface area contributed by atoms with Crippen LogP contribution in [0.5, 0.6) is 0 Å². The van der Waals surface area contributed by atoms with Gasteiger partial charge >= 0.3 is 6.18 Å². The normalized spacial score (nSPS) is 15.6. The van der Waals surface area contributed by atoms with E-state index < -0.39 is 23.3 Å². The first-order valence-electron chi connectivity index (χ1n) is 11.1. The molecule has 1 aliphatic rings. The molecule has 34 heavy (non-hydrogen) atoms. The molecule has 0 aliphatic carbocycles. The smallest absolute Gasteiger partial charge is 0.337 e. The zero-order chi connectivity index (χ0) is 23.7. The number of halogens is 3. The number of alkyl halides is 3. The van der Waals surface area contributed by atoms with E-state index in [1.54, 1.807) is 6.20 Å². The average molecular weight is 465 g/mol. The van der Waals surface area contributed by atoms with Crippen LogP contribution in [0, 0.1) is 0 Å². The number of hydrogen-bond acceptors (Lipinski definition) is 5. The molecule has 9 heteroatoms. The van der Waals surface area contributed by atoms with E-state index in [2.05, 4.69) is 19.9 Å². The predicted molar refractivity (Wildman–Crippen MR) is 122 cm³/mol. The summed E-state index contributed by atoms with van der Waals surface area (Å²) in [6.07, 6.45) is 0.489. The lowest BCUT2D eigenvalue weighted by atomic mass is 10.1. The number of fused-ring (bicyclic) bond motifs is 2. The minimum Gasteiger partial charge on any atom is -0.337 e. The van der Waals surface area contributed by atoms with Gasteiger partial charge in [-0.25, -0.2) is 4.98 Å². The zero-order valence-electron chi connectivity index (χ0n) is 18.3. The number of amides is 1. The fourth-order valence-electron chi connectivity index (χ4n) is 4.43. The van der Waals surface area contributed by atoms with E-state index in [4.69, 9.17) is 0 Å². The third-order valence-electron chi connectivity index (χ3n) is 6.10. The molecule has 1 saturated heterocycles. The van der Waals surface area contributed by atoms with E-state index in [1.165, 1.54) is 29.4 Å². The minimum atomic E-state index is -4.73. The fourth-order valence-corrected chi connectivity index (χ4v) is 4.43. The van der Waals surface area contributed by atoms with E-state index in [0.29, 0.717) is 38.0 Å². The van der Waals surface area contributed by atoms with Gasteiger partial charge in [0.25, 0.3) is 5.91 Å². The maximum Gasteiger partial charge on any atom is 0.434 e. The van der Waals surface area contributed by atoms with Gasteiger partial charge < -0.3 is 4.90 Å². The van der Waals surface area contributed by atoms with Gasteiger partial charge in [0.1, 0.15) is 0 Å². The molecule has 0 saturated carbocycles. The Kier molecular flexibility index (Phi) is 5.87. The lowest BCUT2D eigenvalue weighted by Gasteiger charge is -2.23. The Hall–Kier alpha value is -3.59. The van der Waals surface area contributed by atoms with E-state index in [0.717, 1.165) is 23.0 Å². The second-order valence-corrected chi connectivity index (χ2v) is 8.36. The summed E-state index contributed by atoms with van der Waals surface area (Å²) in [6, 6.07) is 12.6. The van der Waals surface area contributed by atoms with Crippen LogP contribution in [-0.4, -0.2) is 56.8 Å². The highest BCUT2D eigenvalue weighted by molar-refractivity contribution is 5.98. The third-order valence-corrected chi connectivity index (χ3v) is 6.10. The number of carbonyl (C=O) groups excluding carboxylic acids is 1. The summed E-state index contributed by atoms with van der Waals surface area (Å²) in [5.41, 5.74) is 0.597. The molecule has 0 spiro atoms. The molecule has 5 rings (SSSR count). The molecule has 0 atom stereocenters. The standard InChI is InChI=1S/C25H22F3N5O/c26-25(27,28)23-20(14-19-15-29-9-7-21(19)31-23)24(34)33-11-3-10-32(12-13-33)16-18-5-1-4-17-6-2-8-30-22(17)18/h1-2,4-9,14-15H,3,10-13,16H2. The lowest BCUT2D eigenvalue weighted by molar-refractivity contribution is -0.141. The van der Waals surface area contributed by atoms with Crippen LogP contribution in [0.15, 0.2) is 61.1 Å². The molecule has 4 aromatic rings. The van der Waals surface area contributed by atoms with Crippen molar-refractivity contribution in [2.45, 2.75) is 19.1 Å². The van der Waals surface area contributed by atoms with Gasteiger partial charge in [-0.3, -0.25) is 19.7 Å². The van der Waals surface area contributed by atoms with Gasteiger partial charge in [0.15, 0.2) is 5.69 Å². The van der Waals surface area contributed by atoms with Gasteiger partial charge in [0.05, 0.1) is 16.6 Å². The maximum absolute atomic E-state index is 13.8. The highest BCUT2D eigenvalue weighted by Crippen LogP contribution is 2.33. The Bertz CT molecular complexity index is 1350. The highest BCUT2D eigenvalue weighted by Gasteiger charge is 2.39. The lowest BCUT2D eigenvalue weighted by Crippen LogP contribution is -2.36. The third kappa shape index (κ3) is 4.43. The molecule has 4 heterocycles. The van der Waals surface area contributed by atoms with E-state index in [1.807, 2.05) is 30.3 Å². The van der Waals surface area contributed by atoms with Crippen molar-refractivity contribution in [3.8, 4) is 0 Å². The van der Waals surface area contributed by atoms with Crippen molar-refractivity contribution in [1.29, 1.82) is 0 Å². The van der Waals surface area contributed by atoms with Crippen molar-refractivity contribution >= 4 is 27.7 Å². The van der Waals surface area contributed by atoms with Crippen LogP contribution in [0.1, 0.15) is 28.0 Å². The van der Waals surface area contributed by atoms with Gasteiger partial charge in [-0.2, -0.15) is 13.2 Å². The Labute approximate surface area is 194 Å². The number of rotatable bonds is 3. The Morgan fingerprint density at radius 1 is 0.971 bits per heavy atom. The Balaban J connectivity index is 1.37. The quantitative estimate of drug-likeness (QED) is 0.445. The highest BCUT2D eigenvalue weighted by atomic mass is 19.4. The van der Waals surface area contributed by atoms with Crippen molar-refractivity contribution in [3.05, 3.63) is 77.9 Å². The second-order valence-electron chi connectivity index (χ2n) is 8.36. The predicted octanol–water partition coefficient (Wildman–Crippen LogP) is 4.54. The number of hydrogen-bond donors (Lipinski definition) is 0. The molecule has 174 valence electrons. The van der Waals surface area contributed by atoms with Crippen molar-refractivity contribution in [1.82, 2.24) is 24.8 Å². The SMILES string of the molecule is O=C(c1cc2cnccc2nc1C(F)(F)F)N1CCCN(Cc2cccc3cccnc23)CC1. The summed E-state index contributed by atoms with van der Waals surface area (Å²) in [5.74, 6) is -0.653. The minimum absolute atomic E-state index is 0.157. The molecule has 1 aliphatic heterocycles.